The summed E-state index contributed by atoms with van der Waals surface area (Å²) in [6, 6.07) is 26.8. The van der Waals surface area contributed by atoms with Crippen molar-refractivity contribution in [3.8, 4) is 11.8 Å². The van der Waals surface area contributed by atoms with E-state index in [-0.39, 0.29) is 5.78 Å². The van der Waals surface area contributed by atoms with Gasteiger partial charge in [-0.25, -0.2) is 5.01 Å². The van der Waals surface area contributed by atoms with Crippen molar-refractivity contribution in [1.82, 2.24) is 0 Å². The molecule has 0 fully saturated rings. The molecule has 3 aromatic rings. The maximum atomic E-state index is 12.4. The summed E-state index contributed by atoms with van der Waals surface area (Å²) < 4.78 is 0. The number of halogens is 1. The third kappa shape index (κ3) is 4.01. The molecule has 0 aromatic heterocycles. The maximum Gasteiger partial charge on any atom is 0.199 e. The number of hydrogen-bond acceptors (Lipinski definition) is 4. The summed E-state index contributed by atoms with van der Waals surface area (Å²) in [7, 11) is 0. The Morgan fingerprint density at radius 2 is 1.52 bits per heavy atom. The van der Waals surface area contributed by atoms with Crippen molar-refractivity contribution >= 4 is 34.6 Å². The highest BCUT2D eigenvalue weighted by molar-refractivity contribution is 6.44. The van der Waals surface area contributed by atoms with E-state index in [4.69, 9.17) is 11.6 Å². The summed E-state index contributed by atoms with van der Waals surface area (Å²) in [6.07, 6.45) is -0.474. The Labute approximate surface area is 175 Å². The van der Waals surface area contributed by atoms with Crippen LogP contribution in [0.15, 0.2) is 90.0 Å². The predicted octanol–water partition coefficient (Wildman–Crippen LogP) is 4.95. The monoisotopic (exact) mass is 399 g/mol. The van der Waals surface area contributed by atoms with Crippen molar-refractivity contribution in [1.29, 1.82) is 0 Å². The van der Waals surface area contributed by atoms with E-state index in [0.717, 1.165) is 16.9 Å². The van der Waals surface area contributed by atoms with Gasteiger partial charge in [0.2, 0.25) is 0 Å². The van der Waals surface area contributed by atoms with Crippen LogP contribution < -0.4 is 9.91 Å². The molecule has 5 heteroatoms. The van der Waals surface area contributed by atoms with Crippen molar-refractivity contribution in [3.63, 3.8) is 0 Å². The largest absolute Gasteiger partial charge is 0.291 e. The standard InChI is InChI=1S/C24H18ClN3O/c1-18(29)24-26-28(22-10-6-3-7-11-22)23(17-12-19-8-4-2-5-9-19)27(24)21-15-13-20(25)14-16-21/h2-11,13-16,23H,1H3. The van der Waals surface area contributed by atoms with Crippen LogP contribution in [0.1, 0.15) is 12.5 Å². The minimum absolute atomic E-state index is 0.134. The van der Waals surface area contributed by atoms with E-state index in [1.165, 1.54) is 6.92 Å². The van der Waals surface area contributed by atoms with Crippen molar-refractivity contribution in [2.75, 3.05) is 9.91 Å². The SMILES string of the molecule is CC(=O)C1=NN(c2ccccc2)C(C#Cc2ccccc2)N1c1ccc(Cl)cc1. The zero-order chi connectivity index (χ0) is 20.2. The summed E-state index contributed by atoms with van der Waals surface area (Å²) >= 11 is 6.07. The van der Waals surface area contributed by atoms with E-state index in [1.807, 2.05) is 77.7 Å². The summed E-state index contributed by atoms with van der Waals surface area (Å²) in [5.41, 5.74) is 2.55. The predicted molar refractivity (Wildman–Crippen MR) is 118 cm³/mol. The van der Waals surface area contributed by atoms with Gasteiger partial charge in [-0.05, 0) is 54.5 Å². The number of hydrogen-bond donors (Lipinski definition) is 0. The minimum Gasteiger partial charge on any atom is -0.291 e. The third-order valence-corrected chi connectivity index (χ3v) is 4.72. The molecule has 0 saturated carbocycles. The summed E-state index contributed by atoms with van der Waals surface area (Å²) in [6.45, 7) is 1.51. The van der Waals surface area contributed by atoms with Crippen LogP contribution in [-0.4, -0.2) is 17.8 Å². The average molecular weight is 400 g/mol. The molecule has 3 aromatic carbocycles. The molecule has 1 unspecified atom stereocenters. The molecular weight excluding hydrogens is 382 g/mol. The number of carbonyl (C=O) groups is 1. The molecule has 29 heavy (non-hydrogen) atoms. The first kappa shape index (κ1) is 18.8. The molecular formula is C24H18ClN3O. The van der Waals surface area contributed by atoms with Gasteiger partial charge in [0.1, 0.15) is 0 Å². The molecule has 0 bridgehead atoms. The summed E-state index contributed by atoms with van der Waals surface area (Å²) in [5, 5.41) is 7.03. The van der Waals surface area contributed by atoms with Crippen LogP contribution in [0.5, 0.6) is 0 Å². The van der Waals surface area contributed by atoms with Gasteiger partial charge in [-0.15, -0.1) is 5.10 Å². The van der Waals surface area contributed by atoms with Gasteiger partial charge >= 0.3 is 0 Å². The van der Waals surface area contributed by atoms with Gasteiger partial charge in [0.15, 0.2) is 17.8 Å². The van der Waals surface area contributed by atoms with E-state index in [1.54, 1.807) is 17.1 Å². The molecule has 0 saturated heterocycles. The zero-order valence-electron chi connectivity index (χ0n) is 15.8. The minimum atomic E-state index is -0.474. The highest BCUT2D eigenvalue weighted by atomic mass is 35.5. The van der Waals surface area contributed by atoms with Gasteiger partial charge in [-0.2, -0.15) is 0 Å². The number of Topliss-reactive ketones (excluding diaryl/α,β-unsaturated/α-hetero) is 1. The topological polar surface area (TPSA) is 35.9 Å². The van der Waals surface area contributed by atoms with Crippen LogP contribution in [-0.2, 0) is 4.79 Å². The first-order chi connectivity index (χ1) is 14.1. The van der Waals surface area contributed by atoms with E-state index < -0.39 is 6.17 Å². The molecule has 142 valence electrons. The highest BCUT2D eigenvalue weighted by Crippen LogP contribution is 2.30. The molecule has 0 radical (unpaired) electrons. The number of nitrogens with zero attached hydrogens (tertiary/aromatic N) is 3. The third-order valence-electron chi connectivity index (χ3n) is 4.47. The van der Waals surface area contributed by atoms with Gasteiger partial charge in [0.05, 0.1) is 5.69 Å². The van der Waals surface area contributed by atoms with Crippen molar-refractivity contribution in [2.24, 2.45) is 5.10 Å². The Bertz CT molecular complexity index is 1100. The number of ketones is 1. The number of carbonyl (C=O) groups excluding carboxylic acids is 1. The second-order valence-electron chi connectivity index (χ2n) is 6.52. The second kappa shape index (κ2) is 8.22. The van der Waals surface area contributed by atoms with Gasteiger partial charge in [-0.3, -0.25) is 9.69 Å². The molecule has 0 N–H and O–H groups in total. The van der Waals surface area contributed by atoms with Crippen LogP contribution in [0.2, 0.25) is 5.02 Å². The molecule has 4 rings (SSSR count). The molecule has 0 aliphatic carbocycles. The Kier molecular flexibility index (Phi) is 5.33. The van der Waals surface area contributed by atoms with E-state index in [0.29, 0.717) is 10.9 Å². The second-order valence-corrected chi connectivity index (χ2v) is 6.95. The van der Waals surface area contributed by atoms with Gasteiger partial charge in [-0.1, -0.05) is 53.9 Å². The van der Waals surface area contributed by atoms with Gasteiger partial charge in [0.25, 0.3) is 0 Å². The first-order valence-corrected chi connectivity index (χ1v) is 9.56. The fourth-order valence-corrected chi connectivity index (χ4v) is 3.24. The lowest BCUT2D eigenvalue weighted by Crippen LogP contribution is -2.43. The number of anilines is 2. The first-order valence-electron chi connectivity index (χ1n) is 9.19. The maximum absolute atomic E-state index is 12.4. The Hall–Kier alpha value is -3.55. The molecule has 0 amide bonds. The summed E-state index contributed by atoms with van der Waals surface area (Å²) in [4.78, 5) is 14.3. The Morgan fingerprint density at radius 1 is 0.897 bits per heavy atom. The molecule has 0 spiro atoms. The quantitative estimate of drug-likeness (QED) is 0.585. The normalized spacial score (nSPS) is 15.5. The number of amidine groups is 1. The fourth-order valence-electron chi connectivity index (χ4n) is 3.11. The lowest BCUT2D eigenvalue weighted by Gasteiger charge is -2.27. The van der Waals surface area contributed by atoms with Gasteiger partial charge in [0, 0.05) is 23.2 Å². The average Bonchev–Trinajstić information content (AvgIpc) is 3.14. The number of hydrazone groups is 1. The molecule has 1 aliphatic heterocycles. The Morgan fingerprint density at radius 3 is 2.14 bits per heavy atom. The van der Waals surface area contributed by atoms with Crippen molar-refractivity contribution in [2.45, 2.75) is 13.1 Å². The number of para-hydroxylation sites is 1. The Balaban J connectivity index is 1.83. The summed E-state index contributed by atoms with van der Waals surface area (Å²) in [5.74, 6) is 6.71. The number of benzene rings is 3. The van der Waals surface area contributed by atoms with Crippen LogP contribution in [0.3, 0.4) is 0 Å². The van der Waals surface area contributed by atoms with E-state index in [2.05, 4.69) is 16.9 Å². The lowest BCUT2D eigenvalue weighted by molar-refractivity contribution is -0.111. The molecule has 1 heterocycles. The van der Waals surface area contributed by atoms with Crippen molar-refractivity contribution < 1.29 is 4.79 Å². The van der Waals surface area contributed by atoms with Crippen LogP contribution in [0.25, 0.3) is 0 Å². The van der Waals surface area contributed by atoms with Crippen molar-refractivity contribution in [3.05, 3.63) is 95.5 Å². The molecule has 4 nitrogen and oxygen atoms in total. The molecule has 1 atom stereocenters. The fraction of sp³-hybridized carbons (Fsp3) is 0.0833. The van der Waals surface area contributed by atoms with E-state index >= 15 is 0 Å². The zero-order valence-corrected chi connectivity index (χ0v) is 16.5. The number of rotatable bonds is 3. The van der Waals surface area contributed by atoms with Crippen LogP contribution >= 0.6 is 11.6 Å². The van der Waals surface area contributed by atoms with E-state index in [9.17, 15) is 4.79 Å². The lowest BCUT2D eigenvalue weighted by atomic mass is 10.2. The van der Waals surface area contributed by atoms with Gasteiger partial charge < -0.3 is 0 Å². The highest BCUT2D eigenvalue weighted by Gasteiger charge is 2.37. The smallest absolute Gasteiger partial charge is 0.199 e. The molecule has 1 aliphatic rings. The van der Waals surface area contributed by atoms with Crippen LogP contribution in [0.4, 0.5) is 11.4 Å². The van der Waals surface area contributed by atoms with Crippen LogP contribution in [0, 0.1) is 11.8 Å².